The van der Waals surface area contributed by atoms with Crippen molar-refractivity contribution < 1.29 is 4.79 Å². The second kappa shape index (κ2) is 5.66. The smallest absolute Gasteiger partial charge is 0.177 e. The fourth-order valence-electron chi connectivity index (χ4n) is 2.25. The molecular formula is C16H23NO. The molecule has 0 aliphatic heterocycles. The molecule has 2 heteroatoms. The van der Waals surface area contributed by atoms with Crippen LogP contribution in [0.5, 0.6) is 0 Å². The van der Waals surface area contributed by atoms with Gasteiger partial charge in [0.1, 0.15) is 0 Å². The van der Waals surface area contributed by atoms with E-state index in [-0.39, 0.29) is 5.78 Å². The Kier molecular flexibility index (Phi) is 4.18. The van der Waals surface area contributed by atoms with Gasteiger partial charge in [0, 0.05) is 18.2 Å². The fourth-order valence-corrected chi connectivity index (χ4v) is 2.25. The van der Waals surface area contributed by atoms with Crippen LogP contribution < -0.4 is 0 Å². The Balaban J connectivity index is 2.02. The van der Waals surface area contributed by atoms with Gasteiger partial charge in [-0.3, -0.25) is 9.69 Å². The van der Waals surface area contributed by atoms with E-state index in [1.807, 2.05) is 31.2 Å². The van der Waals surface area contributed by atoms with Crippen LogP contribution in [0.25, 0.3) is 0 Å². The molecule has 98 valence electrons. The zero-order chi connectivity index (χ0) is 13.1. The molecule has 0 atom stereocenters. The Morgan fingerprint density at radius 3 is 2.56 bits per heavy atom. The van der Waals surface area contributed by atoms with Crippen LogP contribution in [0.2, 0.25) is 0 Å². The van der Waals surface area contributed by atoms with Gasteiger partial charge in [-0.15, -0.1) is 0 Å². The van der Waals surface area contributed by atoms with E-state index in [1.54, 1.807) is 0 Å². The second-order valence-corrected chi connectivity index (χ2v) is 5.70. The Bertz CT molecular complexity index is 421. The summed E-state index contributed by atoms with van der Waals surface area (Å²) in [6, 6.07) is 8.32. The van der Waals surface area contributed by atoms with Crippen LogP contribution in [0.1, 0.15) is 42.6 Å². The minimum atomic E-state index is 0.252. The number of aryl methyl sites for hydroxylation is 1. The van der Waals surface area contributed by atoms with Crippen molar-refractivity contribution in [1.82, 2.24) is 4.90 Å². The molecule has 0 heterocycles. The van der Waals surface area contributed by atoms with E-state index in [0.29, 0.717) is 12.6 Å². The summed E-state index contributed by atoms with van der Waals surface area (Å²) in [5.74, 6) is 1.08. The van der Waals surface area contributed by atoms with E-state index in [4.69, 9.17) is 0 Å². The van der Waals surface area contributed by atoms with E-state index in [2.05, 4.69) is 18.7 Å². The van der Waals surface area contributed by atoms with E-state index >= 15 is 0 Å². The molecule has 1 fully saturated rings. The summed E-state index contributed by atoms with van der Waals surface area (Å²) in [7, 11) is 0. The zero-order valence-electron chi connectivity index (χ0n) is 11.6. The Morgan fingerprint density at radius 2 is 2.00 bits per heavy atom. The van der Waals surface area contributed by atoms with Gasteiger partial charge in [0.25, 0.3) is 0 Å². The molecule has 1 saturated carbocycles. The molecule has 0 saturated heterocycles. The first-order valence-corrected chi connectivity index (χ1v) is 6.91. The van der Waals surface area contributed by atoms with Crippen molar-refractivity contribution in [2.75, 3.05) is 13.1 Å². The van der Waals surface area contributed by atoms with Crippen molar-refractivity contribution in [3.05, 3.63) is 35.4 Å². The Labute approximate surface area is 110 Å². The molecular weight excluding hydrogens is 222 g/mol. The van der Waals surface area contributed by atoms with Crippen LogP contribution in [-0.2, 0) is 0 Å². The fraction of sp³-hybridized carbons (Fsp3) is 0.562. The molecule has 1 aromatic carbocycles. The maximum atomic E-state index is 12.3. The predicted molar refractivity (Wildman–Crippen MR) is 74.9 cm³/mol. The number of carbonyl (C=O) groups is 1. The van der Waals surface area contributed by atoms with E-state index in [1.165, 1.54) is 12.8 Å². The van der Waals surface area contributed by atoms with Gasteiger partial charge in [-0.25, -0.2) is 0 Å². The molecule has 0 radical (unpaired) electrons. The quantitative estimate of drug-likeness (QED) is 0.717. The van der Waals surface area contributed by atoms with E-state index < -0.39 is 0 Å². The summed E-state index contributed by atoms with van der Waals surface area (Å²) in [5, 5.41) is 0. The number of carbonyl (C=O) groups excluding carboxylic acids is 1. The van der Waals surface area contributed by atoms with Crippen molar-refractivity contribution in [2.24, 2.45) is 5.92 Å². The van der Waals surface area contributed by atoms with Gasteiger partial charge in [-0.05, 0) is 45.1 Å². The molecule has 1 aliphatic carbocycles. The largest absolute Gasteiger partial charge is 0.293 e. The van der Waals surface area contributed by atoms with Crippen LogP contribution in [0, 0.1) is 12.8 Å². The van der Waals surface area contributed by atoms with Crippen molar-refractivity contribution in [2.45, 2.75) is 39.7 Å². The van der Waals surface area contributed by atoms with E-state index in [0.717, 1.165) is 23.6 Å². The number of rotatable bonds is 6. The monoisotopic (exact) mass is 245 g/mol. The first-order chi connectivity index (χ1) is 8.58. The third kappa shape index (κ3) is 3.42. The van der Waals surface area contributed by atoms with Gasteiger partial charge >= 0.3 is 0 Å². The maximum absolute atomic E-state index is 12.3. The number of hydrogen-bond acceptors (Lipinski definition) is 2. The lowest BCUT2D eigenvalue weighted by Gasteiger charge is -2.25. The standard InChI is InChI=1S/C16H23NO/c1-12(2)17(10-14-8-9-14)11-16(18)15-7-5-4-6-13(15)3/h4-7,12,14H,8-11H2,1-3H3. The zero-order valence-corrected chi connectivity index (χ0v) is 11.6. The molecule has 0 N–H and O–H groups in total. The van der Waals surface area contributed by atoms with Crippen molar-refractivity contribution in [3.8, 4) is 0 Å². The van der Waals surface area contributed by atoms with Crippen molar-refractivity contribution >= 4 is 5.78 Å². The lowest BCUT2D eigenvalue weighted by atomic mass is 10.0. The summed E-state index contributed by atoms with van der Waals surface area (Å²) < 4.78 is 0. The highest BCUT2D eigenvalue weighted by molar-refractivity contribution is 5.98. The third-order valence-electron chi connectivity index (χ3n) is 3.71. The normalized spacial score (nSPS) is 15.4. The third-order valence-corrected chi connectivity index (χ3v) is 3.71. The number of benzene rings is 1. The maximum Gasteiger partial charge on any atom is 0.177 e. The van der Waals surface area contributed by atoms with Crippen molar-refractivity contribution in [1.29, 1.82) is 0 Å². The minimum Gasteiger partial charge on any atom is -0.293 e. The van der Waals surface area contributed by atoms with Crippen LogP contribution in [-0.4, -0.2) is 29.8 Å². The molecule has 0 amide bonds. The highest BCUT2D eigenvalue weighted by Gasteiger charge is 2.26. The van der Waals surface area contributed by atoms with Crippen LogP contribution in [0.3, 0.4) is 0 Å². The van der Waals surface area contributed by atoms with Gasteiger partial charge in [0.05, 0.1) is 6.54 Å². The number of nitrogens with zero attached hydrogens (tertiary/aromatic N) is 1. The molecule has 0 spiro atoms. The summed E-state index contributed by atoms with van der Waals surface area (Å²) in [6.07, 6.45) is 2.67. The average Bonchev–Trinajstić information content (AvgIpc) is 3.12. The SMILES string of the molecule is Cc1ccccc1C(=O)CN(CC1CC1)C(C)C. The van der Waals surface area contributed by atoms with Gasteiger partial charge < -0.3 is 0 Å². The minimum absolute atomic E-state index is 0.252. The van der Waals surface area contributed by atoms with Crippen LogP contribution in [0.4, 0.5) is 0 Å². The molecule has 2 nitrogen and oxygen atoms in total. The Morgan fingerprint density at radius 1 is 1.33 bits per heavy atom. The van der Waals surface area contributed by atoms with Gasteiger partial charge in [-0.1, -0.05) is 24.3 Å². The number of hydrogen-bond donors (Lipinski definition) is 0. The average molecular weight is 245 g/mol. The van der Waals surface area contributed by atoms with Crippen LogP contribution >= 0.6 is 0 Å². The first-order valence-electron chi connectivity index (χ1n) is 6.91. The van der Waals surface area contributed by atoms with Gasteiger partial charge in [0.2, 0.25) is 0 Å². The summed E-state index contributed by atoms with van der Waals surface area (Å²) in [6.45, 7) is 7.99. The first kappa shape index (κ1) is 13.3. The lowest BCUT2D eigenvalue weighted by molar-refractivity contribution is 0.0900. The molecule has 1 aromatic rings. The molecule has 0 unspecified atom stereocenters. The second-order valence-electron chi connectivity index (χ2n) is 5.70. The summed E-state index contributed by atoms with van der Waals surface area (Å²) in [4.78, 5) is 14.7. The van der Waals surface area contributed by atoms with Crippen LogP contribution in [0.15, 0.2) is 24.3 Å². The molecule has 18 heavy (non-hydrogen) atoms. The van der Waals surface area contributed by atoms with E-state index in [9.17, 15) is 4.79 Å². The number of ketones is 1. The van der Waals surface area contributed by atoms with Gasteiger partial charge in [0.15, 0.2) is 5.78 Å². The lowest BCUT2D eigenvalue weighted by Crippen LogP contribution is -2.37. The van der Waals surface area contributed by atoms with Gasteiger partial charge in [-0.2, -0.15) is 0 Å². The predicted octanol–water partition coefficient (Wildman–Crippen LogP) is 3.30. The topological polar surface area (TPSA) is 20.3 Å². The summed E-state index contributed by atoms with van der Waals surface area (Å²) >= 11 is 0. The molecule has 2 rings (SSSR count). The Hall–Kier alpha value is -1.15. The molecule has 1 aliphatic rings. The molecule has 0 aromatic heterocycles. The highest BCUT2D eigenvalue weighted by Crippen LogP contribution is 2.30. The molecule has 0 bridgehead atoms. The van der Waals surface area contributed by atoms with Crippen molar-refractivity contribution in [3.63, 3.8) is 0 Å². The summed E-state index contributed by atoms with van der Waals surface area (Å²) in [5.41, 5.74) is 1.96. The number of Topliss-reactive ketones (excluding diaryl/α,β-unsaturated/α-hetero) is 1. The highest BCUT2D eigenvalue weighted by atomic mass is 16.1.